The number of para-hydroxylation sites is 1. The molecule has 0 fully saturated rings. The minimum absolute atomic E-state index is 0.0235. The Bertz CT molecular complexity index is 1140. The van der Waals surface area contributed by atoms with Crippen molar-refractivity contribution in [2.24, 2.45) is 7.05 Å². The Kier molecular flexibility index (Phi) is 5.09. The van der Waals surface area contributed by atoms with E-state index in [4.69, 9.17) is 0 Å². The first-order chi connectivity index (χ1) is 13.2. The highest BCUT2D eigenvalue weighted by atomic mass is 16.4. The van der Waals surface area contributed by atoms with E-state index in [1.807, 2.05) is 25.1 Å². The van der Waals surface area contributed by atoms with Gasteiger partial charge in [0.25, 0.3) is 5.56 Å². The molecule has 7 nitrogen and oxygen atoms in total. The number of carbonyl (C=O) groups is 2. The summed E-state index contributed by atoms with van der Waals surface area (Å²) in [4.78, 5) is 37.0. The summed E-state index contributed by atoms with van der Waals surface area (Å²) >= 11 is 0. The molecule has 0 aliphatic carbocycles. The molecular formula is C21H23N3O4. The van der Waals surface area contributed by atoms with Crippen molar-refractivity contribution < 1.29 is 14.7 Å². The van der Waals surface area contributed by atoms with Gasteiger partial charge in [-0.2, -0.15) is 4.68 Å². The summed E-state index contributed by atoms with van der Waals surface area (Å²) in [6.45, 7) is 6.43. The fourth-order valence-corrected chi connectivity index (χ4v) is 3.56. The molecule has 1 aromatic heterocycles. The monoisotopic (exact) mass is 381 g/mol. The normalized spacial score (nSPS) is 11.2. The van der Waals surface area contributed by atoms with Gasteiger partial charge in [0, 0.05) is 13.6 Å². The molecular weight excluding hydrogens is 358 g/mol. The summed E-state index contributed by atoms with van der Waals surface area (Å²) in [5.74, 6) is -0.856. The second-order valence-corrected chi connectivity index (χ2v) is 7.10. The van der Waals surface area contributed by atoms with Gasteiger partial charge in [-0.05, 0) is 41.7 Å². The van der Waals surface area contributed by atoms with Gasteiger partial charge in [-0.25, -0.2) is 9.59 Å². The molecule has 0 unspecified atom stereocenters. The van der Waals surface area contributed by atoms with Crippen molar-refractivity contribution in [1.29, 1.82) is 0 Å². The Hall–Kier alpha value is -3.35. The lowest BCUT2D eigenvalue weighted by atomic mass is 9.94. The smallest absolute Gasteiger partial charge is 0.344 e. The zero-order chi connectivity index (χ0) is 20.6. The van der Waals surface area contributed by atoms with E-state index < -0.39 is 17.6 Å². The van der Waals surface area contributed by atoms with E-state index in [2.05, 4.69) is 19.2 Å². The molecule has 0 aliphatic heterocycles. The lowest BCUT2D eigenvalue weighted by molar-refractivity contribution is 0.0698. The molecule has 2 N–H and O–H groups in total. The molecule has 0 atom stereocenters. The van der Waals surface area contributed by atoms with E-state index in [-0.39, 0.29) is 23.0 Å². The highest BCUT2D eigenvalue weighted by molar-refractivity contribution is 6.02. The summed E-state index contributed by atoms with van der Waals surface area (Å²) in [5.41, 5.74) is 2.86. The molecule has 1 heterocycles. The lowest BCUT2D eigenvalue weighted by Crippen LogP contribution is -2.37. The van der Waals surface area contributed by atoms with Gasteiger partial charge < -0.3 is 10.4 Å². The third kappa shape index (κ3) is 3.19. The van der Waals surface area contributed by atoms with Crippen LogP contribution >= 0.6 is 0 Å². The van der Waals surface area contributed by atoms with Crippen molar-refractivity contribution in [2.45, 2.75) is 33.2 Å². The molecule has 146 valence electrons. The zero-order valence-corrected chi connectivity index (χ0v) is 16.3. The quantitative estimate of drug-likeness (QED) is 0.726. The van der Waals surface area contributed by atoms with Crippen LogP contribution in [0.1, 0.15) is 46.8 Å². The Morgan fingerprint density at radius 1 is 1.14 bits per heavy atom. The van der Waals surface area contributed by atoms with Crippen molar-refractivity contribution in [3.8, 4) is 0 Å². The highest BCUT2D eigenvalue weighted by Crippen LogP contribution is 2.22. The number of fused-ring (bicyclic) bond motifs is 1. The topological polar surface area (TPSA) is 93.3 Å². The van der Waals surface area contributed by atoms with E-state index in [1.54, 1.807) is 0 Å². The van der Waals surface area contributed by atoms with E-state index >= 15 is 0 Å². The van der Waals surface area contributed by atoms with E-state index in [0.29, 0.717) is 5.92 Å². The minimum Gasteiger partial charge on any atom is -0.478 e. The van der Waals surface area contributed by atoms with Crippen LogP contribution in [0.25, 0.3) is 10.9 Å². The maximum absolute atomic E-state index is 12.8. The fourth-order valence-electron chi connectivity index (χ4n) is 3.56. The Balaban J connectivity index is 1.99. The number of carboxylic acid groups (broad SMARTS) is 1. The Morgan fingerprint density at radius 2 is 1.82 bits per heavy atom. The first kappa shape index (κ1) is 19.4. The van der Waals surface area contributed by atoms with Crippen LogP contribution in [0.5, 0.6) is 0 Å². The minimum atomic E-state index is -1.15. The van der Waals surface area contributed by atoms with Crippen LogP contribution < -0.4 is 10.9 Å². The predicted molar refractivity (Wildman–Crippen MR) is 107 cm³/mol. The molecule has 7 heteroatoms. The molecule has 0 aliphatic rings. The van der Waals surface area contributed by atoms with Crippen LogP contribution in [0.15, 0.2) is 41.2 Å². The third-order valence-electron chi connectivity index (χ3n) is 4.99. The summed E-state index contributed by atoms with van der Waals surface area (Å²) in [7, 11) is 1.50. The van der Waals surface area contributed by atoms with Crippen LogP contribution in [0.4, 0.5) is 4.79 Å². The van der Waals surface area contributed by atoms with Crippen LogP contribution in [0, 0.1) is 6.92 Å². The van der Waals surface area contributed by atoms with Gasteiger partial charge in [-0.15, -0.1) is 0 Å². The van der Waals surface area contributed by atoms with E-state index in [9.17, 15) is 19.5 Å². The molecule has 28 heavy (non-hydrogen) atoms. The van der Waals surface area contributed by atoms with Gasteiger partial charge in [0.15, 0.2) is 0 Å². The number of hydrogen-bond acceptors (Lipinski definition) is 3. The third-order valence-corrected chi connectivity index (χ3v) is 4.99. The van der Waals surface area contributed by atoms with Crippen LogP contribution in [0.2, 0.25) is 0 Å². The summed E-state index contributed by atoms with van der Waals surface area (Å²) in [5, 5.41) is 12.4. The van der Waals surface area contributed by atoms with Crippen molar-refractivity contribution in [3.63, 3.8) is 0 Å². The number of benzene rings is 2. The van der Waals surface area contributed by atoms with Gasteiger partial charge in [0.05, 0.1) is 16.5 Å². The van der Waals surface area contributed by atoms with Crippen molar-refractivity contribution >= 4 is 22.9 Å². The Labute approximate surface area is 162 Å². The largest absolute Gasteiger partial charge is 0.478 e. The first-order valence-corrected chi connectivity index (χ1v) is 9.04. The van der Waals surface area contributed by atoms with E-state index in [0.717, 1.165) is 21.4 Å². The number of aromatic nitrogens is 2. The number of nitrogens with zero attached hydrogens (tertiary/aromatic N) is 2. The average Bonchev–Trinajstić information content (AvgIpc) is 2.91. The number of nitrogens with one attached hydrogen (secondary N) is 1. The fraction of sp³-hybridized carbons (Fsp3) is 0.286. The molecule has 0 spiro atoms. The maximum Gasteiger partial charge on any atom is 0.344 e. The van der Waals surface area contributed by atoms with Gasteiger partial charge >= 0.3 is 12.0 Å². The molecule has 0 saturated heterocycles. The number of aromatic carboxylic acids is 1. The average molecular weight is 381 g/mol. The Morgan fingerprint density at radius 3 is 2.46 bits per heavy atom. The number of hydrogen-bond donors (Lipinski definition) is 2. The first-order valence-electron chi connectivity index (χ1n) is 9.04. The molecule has 3 rings (SSSR count). The van der Waals surface area contributed by atoms with Crippen molar-refractivity contribution in [2.75, 3.05) is 0 Å². The summed E-state index contributed by atoms with van der Waals surface area (Å²) < 4.78 is 2.22. The lowest BCUT2D eigenvalue weighted by Gasteiger charge is -2.16. The number of rotatable bonds is 4. The predicted octanol–water partition coefficient (Wildman–Crippen LogP) is 3.23. The molecule has 0 bridgehead atoms. The van der Waals surface area contributed by atoms with E-state index in [1.165, 1.54) is 29.9 Å². The molecule has 3 aromatic rings. The van der Waals surface area contributed by atoms with Crippen LogP contribution in [-0.4, -0.2) is 26.5 Å². The summed E-state index contributed by atoms with van der Waals surface area (Å²) in [6.07, 6.45) is 0. The number of amides is 1. The second kappa shape index (κ2) is 7.34. The number of carboxylic acids is 1. The van der Waals surface area contributed by atoms with Gasteiger partial charge in [0.2, 0.25) is 0 Å². The molecule has 1 amide bonds. The van der Waals surface area contributed by atoms with Gasteiger partial charge in [0.1, 0.15) is 0 Å². The number of carbonyl (C=O) groups excluding carboxylic acids is 1. The van der Waals surface area contributed by atoms with Crippen LogP contribution in [0.3, 0.4) is 0 Å². The van der Waals surface area contributed by atoms with Gasteiger partial charge in [-0.1, -0.05) is 38.1 Å². The zero-order valence-electron chi connectivity index (χ0n) is 16.3. The number of aryl methyl sites for hydroxylation is 2. The molecule has 0 saturated carbocycles. The summed E-state index contributed by atoms with van der Waals surface area (Å²) in [6, 6.07) is 9.82. The highest BCUT2D eigenvalue weighted by Gasteiger charge is 2.21. The molecule has 2 aromatic carbocycles. The SMILES string of the molecule is Cc1cccc(C(C)C)c1CNC(=O)n1c(=O)c2cccc(C(=O)O)c2n1C. The van der Waals surface area contributed by atoms with Crippen molar-refractivity contribution in [1.82, 2.24) is 14.7 Å². The van der Waals surface area contributed by atoms with Crippen molar-refractivity contribution in [3.05, 3.63) is 69.0 Å². The van der Waals surface area contributed by atoms with Gasteiger partial charge in [-0.3, -0.25) is 9.48 Å². The van der Waals surface area contributed by atoms with Crippen LogP contribution in [-0.2, 0) is 13.6 Å². The standard InChI is InChI=1S/C21H23N3O4/c1-12(2)14-8-5-7-13(3)17(14)11-22-21(28)24-19(25)15-9-6-10-16(20(26)27)18(15)23(24)4/h5-10,12H,11H2,1-4H3,(H,22,28)(H,26,27). The maximum atomic E-state index is 12.8. The molecule has 0 radical (unpaired) electrons. The second-order valence-electron chi connectivity index (χ2n) is 7.10.